The molecule has 3 heterocycles. The molecule has 0 radical (unpaired) electrons. The fourth-order valence-corrected chi connectivity index (χ4v) is 2.69. The Morgan fingerprint density at radius 1 is 1.43 bits per heavy atom. The molecule has 1 saturated heterocycles. The topological polar surface area (TPSA) is 94.0 Å². The molecule has 0 spiro atoms. The van der Waals surface area contributed by atoms with E-state index < -0.39 is 0 Å². The number of halogens is 1. The minimum absolute atomic E-state index is 0.00745. The van der Waals surface area contributed by atoms with Crippen LogP contribution >= 0.6 is 11.6 Å². The second kappa shape index (κ2) is 5.48. The van der Waals surface area contributed by atoms with E-state index in [1.54, 1.807) is 0 Å². The van der Waals surface area contributed by atoms with Crippen LogP contribution in [0.1, 0.15) is 50.4 Å². The second-order valence-corrected chi connectivity index (χ2v) is 5.77. The Labute approximate surface area is 127 Å². The fourth-order valence-electron chi connectivity index (χ4n) is 2.48. The van der Waals surface area contributed by atoms with Gasteiger partial charge in [-0.15, -0.1) is 0 Å². The third kappa shape index (κ3) is 2.53. The molecule has 0 saturated carbocycles. The van der Waals surface area contributed by atoms with Gasteiger partial charge in [-0.05, 0) is 12.8 Å². The van der Waals surface area contributed by atoms with E-state index in [2.05, 4.69) is 25.0 Å². The molecule has 8 heteroatoms. The van der Waals surface area contributed by atoms with Crippen LogP contribution in [0.2, 0.25) is 5.02 Å². The van der Waals surface area contributed by atoms with Crippen molar-refractivity contribution in [3.63, 3.8) is 0 Å². The van der Waals surface area contributed by atoms with Gasteiger partial charge in [-0.1, -0.05) is 30.6 Å². The Hall–Kier alpha value is -1.89. The summed E-state index contributed by atoms with van der Waals surface area (Å²) in [4.78, 5) is 14.7. The summed E-state index contributed by atoms with van der Waals surface area (Å²) in [5.74, 6) is 2.43. The van der Waals surface area contributed by atoms with E-state index in [9.17, 15) is 0 Å². The second-order valence-electron chi connectivity index (χ2n) is 5.39. The van der Waals surface area contributed by atoms with Crippen molar-refractivity contribution < 1.29 is 4.52 Å². The van der Waals surface area contributed by atoms with Gasteiger partial charge in [-0.25, -0.2) is 9.97 Å². The SMILES string of the molecule is CC(C)c1nc(C2CCCN2c2ncnc(N)c2Cl)no1. The third-order valence-corrected chi connectivity index (χ3v) is 3.93. The van der Waals surface area contributed by atoms with E-state index in [1.165, 1.54) is 6.33 Å². The molecule has 1 aliphatic heterocycles. The highest BCUT2D eigenvalue weighted by Gasteiger charge is 2.32. The molecule has 112 valence electrons. The van der Waals surface area contributed by atoms with Gasteiger partial charge in [-0.3, -0.25) is 0 Å². The van der Waals surface area contributed by atoms with Gasteiger partial charge in [-0.2, -0.15) is 4.98 Å². The van der Waals surface area contributed by atoms with Gasteiger partial charge in [0.15, 0.2) is 11.6 Å². The predicted molar refractivity (Wildman–Crippen MR) is 79.2 cm³/mol. The molecule has 1 aliphatic rings. The average molecular weight is 309 g/mol. The first-order valence-corrected chi connectivity index (χ1v) is 7.32. The number of anilines is 2. The van der Waals surface area contributed by atoms with Crippen molar-refractivity contribution in [3.05, 3.63) is 23.1 Å². The maximum absolute atomic E-state index is 6.23. The largest absolute Gasteiger partial charge is 0.382 e. The smallest absolute Gasteiger partial charge is 0.229 e. The summed E-state index contributed by atoms with van der Waals surface area (Å²) >= 11 is 6.23. The summed E-state index contributed by atoms with van der Waals surface area (Å²) in [7, 11) is 0. The summed E-state index contributed by atoms with van der Waals surface area (Å²) < 4.78 is 5.30. The van der Waals surface area contributed by atoms with Crippen LogP contribution < -0.4 is 10.6 Å². The van der Waals surface area contributed by atoms with Crippen LogP contribution in [0.15, 0.2) is 10.9 Å². The fraction of sp³-hybridized carbons (Fsp3) is 0.538. The minimum Gasteiger partial charge on any atom is -0.382 e. The van der Waals surface area contributed by atoms with Crippen molar-refractivity contribution in [3.8, 4) is 0 Å². The molecule has 3 rings (SSSR count). The number of nitrogens with two attached hydrogens (primary N) is 1. The van der Waals surface area contributed by atoms with E-state index in [0.29, 0.717) is 22.6 Å². The van der Waals surface area contributed by atoms with Crippen LogP contribution in [-0.2, 0) is 0 Å². The number of hydrogen-bond donors (Lipinski definition) is 1. The zero-order valence-electron chi connectivity index (χ0n) is 12.0. The molecule has 7 nitrogen and oxygen atoms in total. The summed E-state index contributed by atoms with van der Waals surface area (Å²) in [6.07, 6.45) is 3.36. The first-order chi connectivity index (χ1) is 10.1. The lowest BCUT2D eigenvalue weighted by Gasteiger charge is -2.24. The zero-order valence-corrected chi connectivity index (χ0v) is 12.7. The minimum atomic E-state index is 0.00745. The Morgan fingerprint density at radius 3 is 2.95 bits per heavy atom. The lowest BCUT2D eigenvalue weighted by atomic mass is 10.2. The Morgan fingerprint density at radius 2 is 2.24 bits per heavy atom. The highest BCUT2D eigenvalue weighted by molar-refractivity contribution is 6.35. The van der Waals surface area contributed by atoms with Crippen LogP contribution in [0.3, 0.4) is 0 Å². The summed E-state index contributed by atoms with van der Waals surface area (Å²) in [6.45, 7) is 4.86. The highest BCUT2D eigenvalue weighted by atomic mass is 35.5. The first kappa shape index (κ1) is 14.1. The molecule has 1 atom stereocenters. The molecule has 0 amide bonds. The monoisotopic (exact) mass is 308 g/mol. The zero-order chi connectivity index (χ0) is 15.0. The van der Waals surface area contributed by atoms with Crippen LogP contribution in [0.25, 0.3) is 0 Å². The van der Waals surface area contributed by atoms with Gasteiger partial charge in [0, 0.05) is 12.5 Å². The van der Waals surface area contributed by atoms with Crippen molar-refractivity contribution in [2.45, 2.75) is 38.6 Å². The van der Waals surface area contributed by atoms with Crippen molar-refractivity contribution in [2.24, 2.45) is 0 Å². The maximum atomic E-state index is 6.23. The van der Waals surface area contributed by atoms with Gasteiger partial charge in [0.1, 0.15) is 17.2 Å². The number of aromatic nitrogens is 4. The molecule has 1 unspecified atom stereocenters. The molecule has 2 N–H and O–H groups in total. The molecule has 2 aromatic heterocycles. The van der Waals surface area contributed by atoms with E-state index in [4.69, 9.17) is 21.9 Å². The van der Waals surface area contributed by atoms with Crippen LogP contribution in [0.4, 0.5) is 11.6 Å². The van der Waals surface area contributed by atoms with Crippen molar-refractivity contribution in [2.75, 3.05) is 17.2 Å². The van der Waals surface area contributed by atoms with Gasteiger partial charge in [0.2, 0.25) is 5.89 Å². The van der Waals surface area contributed by atoms with Crippen LogP contribution in [0, 0.1) is 0 Å². The molecule has 0 bridgehead atoms. The average Bonchev–Trinajstić information content (AvgIpc) is 3.09. The molecular formula is C13H17ClN6O. The molecule has 0 aliphatic carbocycles. The number of rotatable bonds is 3. The lowest BCUT2D eigenvalue weighted by Crippen LogP contribution is -2.25. The normalized spacial score (nSPS) is 18.7. The van der Waals surface area contributed by atoms with Gasteiger partial charge in [0.25, 0.3) is 0 Å². The van der Waals surface area contributed by atoms with E-state index >= 15 is 0 Å². The number of nitrogen functional groups attached to an aromatic ring is 1. The van der Waals surface area contributed by atoms with Crippen molar-refractivity contribution in [1.29, 1.82) is 0 Å². The maximum Gasteiger partial charge on any atom is 0.229 e. The van der Waals surface area contributed by atoms with E-state index in [-0.39, 0.29) is 17.8 Å². The predicted octanol–water partition coefficient (Wildman–Crippen LogP) is 2.56. The summed E-state index contributed by atoms with van der Waals surface area (Å²) in [5, 5.41) is 4.47. The van der Waals surface area contributed by atoms with Crippen molar-refractivity contribution >= 4 is 23.2 Å². The Bertz CT molecular complexity index is 643. The van der Waals surface area contributed by atoms with Crippen molar-refractivity contribution in [1.82, 2.24) is 20.1 Å². The quantitative estimate of drug-likeness (QED) is 0.931. The number of hydrogen-bond acceptors (Lipinski definition) is 7. The summed E-state index contributed by atoms with van der Waals surface area (Å²) in [5.41, 5.74) is 5.76. The third-order valence-electron chi connectivity index (χ3n) is 3.57. The molecule has 2 aromatic rings. The standard InChI is InChI=1S/C13H17ClN6O/c1-7(2)13-18-11(19-21-13)8-4-3-5-20(8)12-9(14)10(15)16-6-17-12/h6-8H,3-5H2,1-2H3,(H2,15,16,17). The Kier molecular flexibility index (Phi) is 3.67. The van der Waals surface area contributed by atoms with Gasteiger partial charge >= 0.3 is 0 Å². The Balaban J connectivity index is 1.93. The van der Waals surface area contributed by atoms with Gasteiger partial charge in [0.05, 0.1) is 6.04 Å². The van der Waals surface area contributed by atoms with E-state index in [0.717, 1.165) is 19.4 Å². The molecule has 0 aromatic carbocycles. The first-order valence-electron chi connectivity index (χ1n) is 6.94. The highest BCUT2D eigenvalue weighted by Crippen LogP contribution is 2.38. The van der Waals surface area contributed by atoms with Gasteiger partial charge < -0.3 is 15.2 Å². The van der Waals surface area contributed by atoms with E-state index in [1.807, 2.05) is 13.8 Å². The van der Waals surface area contributed by atoms with Crippen LogP contribution in [-0.4, -0.2) is 26.7 Å². The molecule has 1 fully saturated rings. The van der Waals surface area contributed by atoms with Crippen LogP contribution in [0.5, 0.6) is 0 Å². The molecule has 21 heavy (non-hydrogen) atoms. The molecular weight excluding hydrogens is 292 g/mol. The summed E-state index contributed by atoms with van der Waals surface area (Å²) in [6, 6.07) is 0.00745. The lowest BCUT2D eigenvalue weighted by molar-refractivity contribution is 0.358. The number of nitrogens with zero attached hydrogens (tertiary/aromatic N) is 5.